The van der Waals surface area contributed by atoms with Gasteiger partial charge in [0.1, 0.15) is 12.3 Å². The molecule has 1 fully saturated rings. The number of carbonyl (C=O) groups excluding carboxylic acids is 1. The lowest BCUT2D eigenvalue weighted by Crippen LogP contribution is -2.50. The molecule has 0 aliphatic carbocycles. The molecule has 1 atom stereocenters. The first-order chi connectivity index (χ1) is 11.2. The maximum absolute atomic E-state index is 12.8. The Labute approximate surface area is 140 Å². The number of likely N-dealkylation sites (tertiary alicyclic amines) is 1. The van der Waals surface area contributed by atoms with E-state index in [1.807, 2.05) is 19.0 Å². The van der Waals surface area contributed by atoms with Gasteiger partial charge in [-0.25, -0.2) is 0 Å². The van der Waals surface area contributed by atoms with Gasteiger partial charge in [-0.2, -0.15) is 13.2 Å². The maximum Gasteiger partial charge on any atom is 0.406 e. The Morgan fingerprint density at radius 1 is 1.42 bits per heavy atom. The summed E-state index contributed by atoms with van der Waals surface area (Å²) in [5, 5.41) is 0. The van der Waals surface area contributed by atoms with E-state index in [0.29, 0.717) is 18.3 Å². The van der Waals surface area contributed by atoms with Gasteiger partial charge in [0.15, 0.2) is 0 Å². The van der Waals surface area contributed by atoms with Gasteiger partial charge in [0, 0.05) is 12.6 Å². The SMILES string of the molecule is CN(C)C1CCCN(CC(=O)N(Cc2ccco2)CC(F)(F)F)C1. The number of likely N-dealkylation sites (N-methyl/N-ethyl adjacent to an activating group) is 1. The van der Waals surface area contributed by atoms with E-state index in [0.717, 1.165) is 24.3 Å². The second kappa shape index (κ2) is 8.02. The summed E-state index contributed by atoms with van der Waals surface area (Å²) in [6, 6.07) is 3.49. The third-order valence-corrected chi connectivity index (χ3v) is 4.22. The minimum absolute atomic E-state index is 0.00112. The average molecular weight is 347 g/mol. The molecule has 2 rings (SSSR count). The summed E-state index contributed by atoms with van der Waals surface area (Å²) in [7, 11) is 3.95. The van der Waals surface area contributed by atoms with Crippen LogP contribution in [-0.2, 0) is 11.3 Å². The number of rotatable bonds is 6. The van der Waals surface area contributed by atoms with Gasteiger partial charge < -0.3 is 14.2 Å². The molecule has 1 unspecified atom stereocenters. The Bertz CT molecular complexity index is 517. The molecule has 1 amide bonds. The minimum Gasteiger partial charge on any atom is -0.467 e. The monoisotopic (exact) mass is 347 g/mol. The van der Waals surface area contributed by atoms with Crippen LogP contribution in [0.25, 0.3) is 0 Å². The number of amides is 1. The highest BCUT2D eigenvalue weighted by Crippen LogP contribution is 2.20. The Morgan fingerprint density at radius 2 is 2.17 bits per heavy atom. The molecule has 24 heavy (non-hydrogen) atoms. The summed E-state index contributed by atoms with van der Waals surface area (Å²) >= 11 is 0. The lowest BCUT2D eigenvalue weighted by atomic mass is 10.0. The highest BCUT2D eigenvalue weighted by Gasteiger charge is 2.34. The van der Waals surface area contributed by atoms with Gasteiger partial charge in [-0.05, 0) is 45.6 Å². The number of piperidine rings is 1. The van der Waals surface area contributed by atoms with Crippen LogP contribution >= 0.6 is 0 Å². The van der Waals surface area contributed by atoms with Crippen molar-refractivity contribution in [2.75, 3.05) is 40.3 Å². The number of hydrogen-bond acceptors (Lipinski definition) is 4. The van der Waals surface area contributed by atoms with Crippen molar-refractivity contribution in [2.45, 2.75) is 31.6 Å². The fraction of sp³-hybridized carbons (Fsp3) is 0.688. The van der Waals surface area contributed by atoms with Crippen LogP contribution in [0.4, 0.5) is 13.2 Å². The second-order valence-corrected chi connectivity index (χ2v) is 6.44. The Morgan fingerprint density at radius 3 is 2.75 bits per heavy atom. The molecule has 2 heterocycles. The molecule has 1 aromatic heterocycles. The topological polar surface area (TPSA) is 39.9 Å². The molecule has 8 heteroatoms. The zero-order valence-electron chi connectivity index (χ0n) is 14.1. The third kappa shape index (κ3) is 5.83. The molecule has 0 saturated carbocycles. The van der Waals surface area contributed by atoms with Crippen LogP contribution in [0.15, 0.2) is 22.8 Å². The fourth-order valence-electron chi connectivity index (χ4n) is 2.93. The molecule has 0 spiro atoms. The zero-order valence-corrected chi connectivity index (χ0v) is 14.1. The molecule has 0 radical (unpaired) electrons. The summed E-state index contributed by atoms with van der Waals surface area (Å²) in [4.78, 5) is 17.3. The van der Waals surface area contributed by atoms with Crippen molar-refractivity contribution in [3.05, 3.63) is 24.2 Å². The first kappa shape index (κ1) is 18.8. The van der Waals surface area contributed by atoms with Crippen LogP contribution in [-0.4, -0.2) is 73.1 Å². The van der Waals surface area contributed by atoms with E-state index in [-0.39, 0.29) is 13.1 Å². The molecule has 1 aliphatic rings. The Balaban J connectivity index is 1.98. The first-order valence-electron chi connectivity index (χ1n) is 8.00. The van der Waals surface area contributed by atoms with Gasteiger partial charge in [-0.3, -0.25) is 9.69 Å². The third-order valence-electron chi connectivity index (χ3n) is 4.22. The predicted molar refractivity (Wildman–Crippen MR) is 83.3 cm³/mol. The lowest BCUT2D eigenvalue weighted by molar-refractivity contribution is -0.163. The Hall–Kier alpha value is -1.54. The number of halogens is 3. The van der Waals surface area contributed by atoms with Crippen molar-refractivity contribution in [2.24, 2.45) is 0 Å². The van der Waals surface area contributed by atoms with Gasteiger partial charge in [0.2, 0.25) is 5.91 Å². The van der Waals surface area contributed by atoms with E-state index in [2.05, 4.69) is 4.90 Å². The molecule has 0 bridgehead atoms. The normalized spacial score (nSPS) is 19.7. The predicted octanol–water partition coefficient (Wildman–Crippen LogP) is 2.20. The van der Waals surface area contributed by atoms with Crippen LogP contribution in [0.5, 0.6) is 0 Å². The van der Waals surface area contributed by atoms with Crippen molar-refractivity contribution < 1.29 is 22.4 Å². The number of hydrogen-bond donors (Lipinski definition) is 0. The molecule has 136 valence electrons. The van der Waals surface area contributed by atoms with Crippen molar-refractivity contribution in [1.82, 2.24) is 14.7 Å². The summed E-state index contributed by atoms with van der Waals surface area (Å²) in [6.45, 7) is -0.00898. The Kier molecular flexibility index (Phi) is 6.28. The van der Waals surface area contributed by atoms with Crippen molar-refractivity contribution in [3.63, 3.8) is 0 Å². The minimum atomic E-state index is -4.43. The van der Waals surface area contributed by atoms with E-state index in [1.54, 1.807) is 12.1 Å². The summed E-state index contributed by atoms with van der Waals surface area (Å²) in [5.74, 6) is -0.180. The van der Waals surface area contributed by atoms with Crippen LogP contribution in [0.2, 0.25) is 0 Å². The summed E-state index contributed by atoms with van der Waals surface area (Å²) < 4.78 is 43.5. The molecule has 0 N–H and O–H groups in total. The molecular weight excluding hydrogens is 323 g/mol. The molecule has 1 aliphatic heterocycles. The summed E-state index contributed by atoms with van der Waals surface area (Å²) in [5.41, 5.74) is 0. The molecule has 1 saturated heterocycles. The van der Waals surface area contributed by atoms with Crippen LogP contribution in [0.3, 0.4) is 0 Å². The lowest BCUT2D eigenvalue weighted by Gasteiger charge is -2.36. The van der Waals surface area contributed by atoms with Crippen molar-refractivity contribution >= 4 is 5.91 Å². The summed E-state index contributed by atoms with van der Waals surface area (Å²) in [6.07, 6.45) is -1.07. The van der Waals surface area contributed by atoms with E-state index < -0.39 is 18.6 Å². The van der Waals surface area contributed by atoms with Gasteiger partial charge in [-0.1, -0.05) is 0 Å². The van der Waals surface area contributed by atoms with Crippen LogP contribution < -0.4 is 0 Å². The zero-order chi connectivity index (χ0) is 17.7. The van der Waals surface area contributed by atoms with Crippen LogP contribution in [0, 0.1) is 0 Å². The number of furan rings is 1. The van der Waals surface area contributed by atoms with E-state index >= 15 is 0 Å². The van der Waals surface area contributed by atoms with Crippen molar-refractivity contribution in [1.29, 1.82) is 0 Å². The van der Waals surface area contributed by atoms with Gasteiger partial charge in [-0.15, -0.1) is 0 Å². The van der Waals surface area contributed by atoms with Gasteiger partial charge in [0.25, 0.3) is 0 Å². The largest absolute Gasteiger partial charge is 0.467 e. The molecular formula is C16H24F3N3O2. The van der Waals surface area contributed by atoms with Crippen LogP contribution in [0.1, 0.15) is 18.6 Å². The van der Waals surface area contributed by atoms with Gasteiger partial charge >= 0.3 is 6.18 Å². The van der Waals surface area contributed by atoms with Gasteiger partial charge in [0.05, 0.1) is 19.4 Å². The van der Waals surface area contributed by atoms with E-state index in [1.165, 1.54) is 6.26 Å². The smallest absolute Gasteiger partial charge is 0.406 e. The first-order valence-corrected chi connectivity index (χ1v) is 8.00. The highest BCUT2D eigenvalue weighted by molar-refractivity contribution is 5.78. The molecule has 5 nitrogen and oxygen atoms in total. The highest BCUT2D eigenvalue weighted by atomic mass is 19.4. The number of alkyl halides is 3. The second-order valence-electron chi connectivity index (χ2n) is 6.44. The molecule has 0 aromatic carbocycles. The van der Waals surface area contributed by atoms with E-state index in [4.69, 9.17) is 4.42 Å². The number of nitrogens with zero attached hydrogens (tertiary/aromatic N) is 3. The fourth-order valence-corrected chi connectivity index (χ4v) is 2.93. The standard InChI is InChI=1S/C16H24F3N3O2/c1-20(2)13-5-3-7-21(9-13)11-15(23)22(12-16(17,18)19)10-14-6-4-8-24-14/h4,6,8,13H,3,5,7,9-12H2,1-2H3. The van der Waals surface area contributed by atoms with Crippen molar-refractivity contribution in [3.8, 4) is 0 Å². The maximum atomic E-state index is 12.8. The number of carbonyl (C=O) groups is 1. The average Bonchev–Trinajstić information content (AvgIpc) is 2.98. The quantitative estimate of drug-likeness (QED) is 0.791. The molecule has 1 aromatic rings. The van der Waals surface area contributed by atoms with E-state index in [9.17, 15) is 18.0 Å².